The van der Waals surface area contributed by atoms with Crippen LogP contribution in [0.2, 0.25) is 0 Å². The quantitative estimate of drug-likeness (QED) is 0.171. The molecule has 1 amide bonds. The molecule has 0 atom stereocenters. The summed E-state index contributed by atoms with van der Waals surface area (Å²) in [5.41, 5.74) is 0. The molecule has 0 spiro atoms. The number of carbonyl (C=O) groups is 2. The Morgan fingerprint density at radius 2 is 1.50 bits per heavy atom. The lowest BCUT2D eigenvalue weighted by atomic mass is 10.2. The summed E-state index contributed by atoms with van der Waals surface area (Å²) in [5, 5.41) is 4.43. The van der Waals surface area contributed by atoms with Crippen molar-refractivity contribution in [2.45, 2.75) is 46.0 Å². The maximum absolute atomic E-state index is 12.2. The van der Waals surface area contributed by atoms with E-state index in [0.717, 1.165) is 43.3 Å². The van der Waals surface area contributed by atoms with Crippen LogP contribution in [0.4, 0.5) is 0 Å². The summed E-state index contributed by atoms with van der Waals surface area (Å²) in [6.45, 7) is 15.9. The van der Waals surface area contributed by atoms with Crippen molar-refractivity contribution >= 4 is 74.9 Å². The molecule has 0 radical (unpaired) electrons. The van der Waals surface area contributed by atoms with Gasteiger partial charge < -0.3 is 5.32 Å². The molecule has 0 aliphatic rings. The van der Waals surface area contributed by atoms with Gasteiger partial charge in [0.1, 0.15) is 0 Å². The molecule has 0 aromatic heterocycles. The molecule has 0 saturated carbocycles. The Kier molecular flexibility index (Phi) is 18.2. The van der Waals surface area contributed by atoms with Crippen LogP contribution in [0.1, 0.15) is 46.0 Å². The minimum atomic E-state index is -0.0702. The summed E-state index contributed by atoms with van der Waals surface area (Å²) in [5.74, 6) is -0.0702. The van der Waals surface area contributed by atoms with Crippen molar-refractivity contribution < 1.29 is 9.59 Å². The number of hydrogen-bond acceptors (Lipinski definition) is 8. The third-order valence-corrected chi connectivity index (χ3v) is 8.52. The van der Waals surface area contributed by atoms with Crippen molar-refractivity contribution in [1.29, 1.82) is 0 Å². The Bertz CT molecular complexity index is 785. The molecule has 0 heterocycles. The SMILES string of the molecule is C=C(CCC/C(=N/C)SC(=C)SC(=O)C/C(=C/C)SC)SC(=C)NC(=O)C/C(=C/C)SC. The van der Waals surface area contributed by atoms with Crippen LogP contribution in [-0.4, -0.2) is 35.6 Å². The van der Waals surface area contributed by atoms with E-state index < -0.39 is 0 Å². The standard InChI is InChI=1S/C23H34N2O2S5/c1-9-19(28-7)14-21(26)25-17(4)30-16(3)12-11-13-22(24-6)31-18(5)32-23(27)15-20(10-2)29-8/h9-10H,3-5,11-15H2,1-2,6-8H3,(H,25,26)/b19-9-,20-10-,24-22-. The first-order chi connectivity index (χ1) is 15.2. The third-order valence-electron chi connectivity index (χ3n) is 3.92. The van der Waals surface area contributed by atoms with Gasteiger partial charge >= 0.3 is 0 Å². The van der Waals surface area contributed by atoms with Crippen molar-refractivity contribution in [3.8, 4) is 0 Å². The van der Waals surface area contributed by atoms with Gasteiger partial charge in [0.15, 0.2) is 5.12 Å². The highest BCUT2D eigenvalue weighted by Crippen LogP contribution is 2.33. The summed E-state index contributed by atoms with van der Waals surface area (Å²) in [6.07, 6.45) is 11.0. The maximum atomic E-state index is 12.2. The van der Waals surface area contributed by atoms with Gasteiger partial charge in [0.05, 0.1) is 16.5 Å². The fourth-order valence-corrected chi connectivity index (χ4v) is 5.99. The lowest BCUT2D eigenvalue weighted by molar-refractivity contribution is -0.119. The molecular weight excluding hydrogens is 497 g/mol. The Balaban J connectivity index is 4.33. The number of allylic oxidation sites excluding steroid dienone is 4. The van der Waals surface area contributed by atoms with Gasteiger partial charge in [-0.2, -0.15) is 0 Å². The van der Waals surface area contributed by atoms with Gasteiger partial charge in [0.25, 0.3) is 0 Å². The molecule has 0 rings (SSSR count). The van der Waals surface area contributed by atoms with E-state index in [2.05, 4.69) is 30.0 Å². The molecule has 0 saturated heterocycles. The maximum Gasteiger partial charge on any atom is 0.229 e. The van der Waals surface area contributed by atoms with E-state index in [0.29, 0.717) is 17.9 Å². The van der Waals surface area contributed by atoms with Gasteiger partial charge in [-0.25, -0.2) is 0 Å². The van der Waals surface area contributed by atoms with Crippen molar-refractivity contribution in [3.05, 3.63) is 55.9 Å². The van der Waals surface area contributed by atoms with Crippen LogP contribution in [-0.2, 0) is 9.59 Å². The van der Waals surface area contributed by atoms with E-state index >= 15 is 0 Å². The Morgan fingerprint density at radius 1 is 0.906 bits per heavy atom. The molecule has 4 nitrogen and oxygen atoms in total. The van der Waals surface area contributed by atoms with E-state index in [9.17, 15) is 9.59 Å². The molecule has 9 heteroatoms. The van der Waals surface area contributed by atoms with Crippen LogP contribution in [0.5, 0.6) is 0 Å². The number of hydrogen-bond donors (Lipinski definition) is 1. The van der Waals surface area contributed by atoms with Crippen molar-refractivity contribution in [1.82, 2.24) is 5.32 Å². The van der Waals surface area contributed by atoms with Crippen LogP contribution in [0.25, 0.3) is 0 Å². The van der Waals surface area contributed by atoms with Gasteiger partial charge in [-0.3, -0.25) is 14.6 Å². The molecule has 0 aliphatic carbocycles. The van der Waals surface area contributed by atoms with E-state index in [1.165, 1.54) is 35.3 Å². The average Bonchev–Trinajstić information content (AvgIpc) is 2.74. The number of aliphatic imine (C=N–C) groups is 1. The highest BCUT2D eigenvalue weighted by molar-refractivity contribution is 8.34. The third kappa shape index (κ3) is 15.2. The number of nitrogens with one attached hydrogen (secondary N) is 1. The molecule has 0 fully saturated rings. The van der Waals surface area contributed by atoms with E-state index in [4.69, 9.17) is 0 Å². The van der Waals surface area contributed by atoms with Crippen LogP contribution < -0.4 is 5.32 Å². The Hall–Kier alpha value is -0.740. The van der Waals surface area contributed by atoms with Crippen molar-refractivity contribution in [2.24, 2.45) is 4.99 Å². The minimum absolute atomic E-state index is 0.0702. The first-order valence-electron chi connectivity index (χ1n) is 9.94. The Labute approximate surface area is 215 Å². The highest BCUT2D eigenvalue weighted by Gasteiger charge is 2.12. The monoisotopic (exact) mass is 530 g/mol. The van der Waals surface area contributed by atoms with E-state index in [-0.39, 0.29) is 11.0 Å². The van der Waals surface area contributed by atoms with Crippen LogP contribution >= 0.6 is 58.8 Å². The summed E-state index contributed by atoms with van der Waals surface area (Å²) in [4.78, 5) is 31.6. The lowest BCUT2D eigenvalue weighted by Crippen LogP contribution is -2.20. The number of carbonyl (C=O) groups excluding carboxylic acids is 2. The van der Waals surface area contributed by atoms with Gasteiger partial charge in [0.2, 0.25) is 5.91 Å². The second kappa shape index (κ2) is 18.7. The first-order valence-corrected chi connectivity index (χ1v) is 14.8. The largest absolute Gasteiger partial charge is 0.321 e. The fourth-order valence-electron chi connectivity index (χ4n) is 2.30. The van der Waals surface area contributed by atoms with Crippen LogP contribution in [0.3, 0.4) is 0 Å². The van der Waals surface area contributed by atoms with E-state index in [1.54, 1.807) is 30.6 Å². The van der Waals surface area contributed by atoms with Gasteiger partial charge in [-0.1, -0.05) is 55.4 Å². The Morgan fingerprint density at radius 3 is 2.03 bits per heavy atom. The van der Waals surface area contributed by atoms with Gasteiger partial charge in [-0.15, -0.1) is 23.5 Å². The number of amides is 1. The highest BCUT2D eigenvalue weighted by atomic mass is 32.2. The average molecular weight is 531 g/mol. The number of rotatable bonds is 15. The summed E-state index contributed by atoms with van der Waals surface area (Å²) in [6, 6.07) is 0. The molecule has 0 aromatic rings. The molecule has 0 bridgehead atoms. The zero-order valence-corrected chi connectivity index (χ0v) is 23.7. The second-order valence-corrected chi connectivity index (χ2v) is 12.0. The van der Waals surface area contributed by atoms with Crippen molar-refractivity contribution in [2.75, 3.05) is 19.6 Å². The number of thioether (sulfide) groups is 5. The zero-order chi connectivity index (χ0) is 24.5. The molecule has 0 unspecified atom stereocenters. The second-order valence-electron chi connectivity index (χ2n) is 6.30. The van der Waals surface area contributed by atoms with Gasteiger partial charge in [0, 0.05) is 17.7 Å². The summed E-state index contributed by atoms with van der Waals surface area (Å²) < 4.78 is 0.738. The first kappa shape index (κ1) is 31.3. The number of nitrogens with zero attached hydrogens (tertiary/aromatic N) is 1. The summed E-state index contributed by atoms with van der Waals surface area (Å²) in [7, 11) is 1.75. The fraction of sp³-hybridized carbons (Fsp3) is 0.435. The molecule has 32 heavy (non-hydrogen) atoms. The molecule has 0 aromatic carbocycles. The topological polar surface area (TPSA) is 58.5 Å². The zero-order valence-electron chi connectivity index (χ0n) is 19.6. The minimum Gasteiger partial charge on any atom is -0.321 e. The molecule has 178 valence electrons. The predicted octanol–water partition coefficient (Wildman–Crippen LogP) is 7.80. The normalized spacial score (nSPS) is 12.5. The molecular formula is C23H34N2O2S5. The smallest absolute Gasteiger partial charge is 0.229 e. The van der Waals surface area contributed by atoms with Crippen LogP contribution in [0, 0.1) is 0 Å². The predicted molar refractivity (Wildman–Crippen MR) is 154 cm³/mol. The molecule has 1 N–H and O–H groups in total. The van der Waals surface area contributed by atoms with E-state index in [1.807, 2.05) is 38.5 Å². The van der Waals surface area contributed by atoms with Crippen molar-refractivity contribution in [3.63, 3.8) is 0 Å². The van der Waals surface area contributed by atoms with Gasteiger partial charge in [-0.05, 0) is 72.1 Å². The molecule has 0 aliphatic heterocycles. The van der Waals surface area contributed by atoms with Crippen LogP contribution in [0.15, 0.2) is 60.9 Å². The lowest BCUT2D eigenvalue weighted by Gasteiger charge is -2.11. The summed E-state index contributed by atoms with van der Waals surface area (Å²) >= 11 is 7.19.